The third kappa shape index (κ3) is 5.85. The number of carbonyl (C=O) groups is 1. The van der Waals surface area contributed by atoms with Gasteiger partial charge in [-0.3, -0.25) is 4.79 Å². The number of amides is 1. The number of carbonyl (C=O) groups excluding carboxylic acids is 1. The van der Waals surface area contributed by atoms with Gasteiger partial charge in [0.25, 0.3) is 10.0 Å². The summed E-state index contributed by atoms with van der Waals surface area (Å²) in [7, 11) is -2.12. The molecule has 0 spiro atoms. The maximum absolute atomic E-state index is 13.1. The molecule has 0 unspecified atom stereocenters. The molecule has 9 heteroatoms. The highest BCUT2D eigenvalue weighted by Gasteiger charge is 2.27. The number of rotatable bonds is 7. The van der Waals surface area contributed by atoms with E-state index in [2.05, 4.69) is 15.0 Å². The fourth-order valence-electron chi connectivity index (χ4n) is 3.85. The van der Waals surface area contributed by atoms with Gasteiger partial charge in [0.1, 0.15) is 5.82 Å². The molecule has 1 amide bonds. The summed E-state index contributed by atoms with van der Waals surface area (Å²) >= 11 is 0. The first-order valence-electron chi connectivity index (χ1n) is 10.6. The van der Waals surface area contributed by atoms with E-state index in [-0.39, 0.29) is 34.5 Å². The average molecular weight is 461 g/mol. The van der Waals surface area contributed by atoms with Crippen LogP contribution in [0.4, 0.5) is 15.8 Å². The summed E-state index contributed by atoms with van der Waals surface area (Å²) in [4.78, 5) is 12.7. The topological polar surface area (TPSA) is 114 Å². The zero-order valence-corrected chi connectivity index (χ0v) is 19.0. The zero-order chi connectivity index (χ0) is 23.3. The van der Waals surface area contributed by atoms with Crippen molar-refractivity contribution in [2.75, 3.05) is 18.1 Å². The number of nitrogens with zero attached hydrogens (tertiary/aromatic N) is 1. The summed E-state index contributed by atoms with van der Waals surface area (Å²) in [5.41, 5.74) is 7.69. The number of sulfonamides is 1. The third-order valence-electron chi connectivity index (χ3n) is 5.87. The Bertz CT molecular complexity index is 1080. The van der Waals surface area contributed by atoms with E-state index in [0.29, 0.717) is 37.1 Å². The largest absolute Gasteiger partial charge is 0.397 e. The van der Waals surface area contributed by atoms with Gasteiger partial charge in [0.15, 0.2) is 0 Å². The molecule has 172 valence electrons. The second-order valence-corrected chi connectivity index (χ2v) is 9.75. The van der Waals surface area contributed by atoms with Crippen molar-refractivity contribution in [3.8, 4) is 0 Å². The monoisotopic (exact) mass is 460 g/mol. The smallest absolute Gasteiger partial charge is 0.282 e. The van der Waals surface area contributed by atoms with Crippen LogP contribution in [0.3, 0.4) is 0 Å². The predicted molar refractivity (Wildman–Crippen MR) is 124 cm³/mol. The minimum Gasteiger partial charge on any atom is -0.397 e. The molecule has 7 nitrogen and oxygen atoms in total. The molecule has 2 aromatic rings. The number of nitrogens with one attached hydrogen (secondary N) is 2. The molecule has 0 heterocycles. The first-order valence-corrected chi connectivity index (χ1v) is 12.1. The van der Waals surface area contributed by atoms with Gasteiger partial charge in [0, 0.05) is 19.2 Å². The molecular weight excluding hydrogens is 431 g/mol. The van der Waals surface area contributed by atoms with Crippen LogP contribution in [0, 0.1) is 17.7 Å². The quantitative estimate of drug-likeness (QED) is 0.428. The van der Waals surface area contributed by atoms with E-state index >= 15 is 0 Å². The van der Waals surface area contributed by atoms with Crippen molar-refractivity contribution in [2.45, 2.75) is 43.5 Å². The predicted octanol–water partition coefficient (Wildman–Crippen LogP) is 3.89. The summed E-state index contributed by atoms with van der Waals surface area (Å²) in [5.74, 6) is -0.483. The Hall–Kier alpha value is -2.94. The van der Waals surface area contributed by atoms with Gasteiger partial charge in [-0.1, -0.05) is 12.1 Å². The van der Waals surface area contributed by atoms with Crippen LogP contribution in [0.15, 0.2) is 51.8 Å². The third-order valence-corrected chi connectivity index (χ3v) is 7.12. The maximum Gasteiger partial charge on any atom is 0.282 e. The van der Waals surface area contributed by atoms with E-state index in [1.165, 1.54) is 30.5 Å². The van der Waals surface area contributed by atoms with Crippen LogP contribution >= 0.6 is 0 Å². The van der Waals surface area contributed by atoms with Crippen LogP contribution in [0.1, 0.15) is 44.2 Å². The van der Waals surface area contributed by atoms with E-state index in [1.54, 1.807) is 25.2 Å². The van der Waals surface area contributed by atoms with Crippen molar-refractivity contribution in [3.63, 3.8) is 0 Å². The Morgan fingerprint density at radius 2 is 1.81 bits per heavy atom. The summed E-state index contributed by atoms with van der Waals surface area (Å²) in [5, 5.41) is 5.87. The number of halogens is 1. The van der Waals surface area contributed by atoms with Gasteiger partial charge in [0.2, 0.25) is 5.91 Å². The molecule has 0 saturated heterocycles. The number of nitrogens with two attached hydrogens (primary N) is 1. The molecular formula is C23H29FN4O3S. The first kappa shape index (κ1) is 23.7. The lowest BCUT2D eigenvalue weighted by Gasteiger charge is -2.27. The van der Waals surface area contributed by atoms with Crippen LogP contribution in [-0.2, 0) is 14.8 Å². The Kier molecular flexibility index (Phi) is 7.50. The minimum absolute atomic E-state index is 0.00252. The highest BCUT2D eigenvalue weighted by atomic mass is 32.2. The van der Waals surface area contributed by atoms with Crippen LogP contribution in [-0.4, -0.2) is 27.6 Å². The van der Waals surface area contributed by atoms with Crippen molar-refractivity contribution in [2.24, 2.45) is 16.2 Å². The molecule has 0 bridgehead atoms. The standard InChI is InChI=1S/C23H29FN4O3S/c1-15(17-7-9-19(24)10-8-17)28-23(29)18-5-3-16(4-6-18)14-27-32(30,31)20-11-12-22(26-2)21(25)13-20/h7-16,18,26H,3-6,25H2,1-2H3,(H,28,29)/b27-14+/t15-,16?,18?/m1/s1. The molecule has 1 aliphatic rings. The molecule has 1 fully saturated rings. The lowest BCUT2D eigenvalue weighted by Crippen LogP contribution is -2.35. The summed E-state index contributed by atoms with van der Waals surface area (Å²) in [6.45, 7) is 1.87. The van der Waals surface area contributed by atoms with Crippen LogP contribution in [0.2, 0.25) is 0 Å². The molecule has 0 radical (unpaired) electrons. The van der Waals surface area contributed by atoms with Gasteiger partial charge < -0.3 is 16.4 Å². The van der Waals surface area contributed by atoms with Gasteiger partial charge in [-0.2, -0.15) is 12.8 Å². The Morgan fingerprint density at radius 1 is 1.16 bits per heavy atom. The van der Waals surface area contributed by atoms with Crippen molar-refractivity contribution in [3.05, 3.63) is 53.8 Å². The number of anilines is 2. The van der Waals surface area contributed by atoms with E-state index in [4.69, 9.17) is 5.73 Å². The number of hydrogen-bond acceptors (Lipinski definition) is 5. The molecule has 1 saturated carbocycles. The lowest BCUT2D eigenvalue weighted by atomic mass is 9.82. The van der Waals surface area contributed by atoms with Crippen LogP contribution < -0.4 is 16.4 Å². The molecule has 1 aliphatic carbocycles. The molecule has 0 aromatic heterocycles. The van der Waals surface area contributed by atoms with E-state index in [1.807, 2.05) is 6.92 Å². The van der Waals surface area contributed by atoms with Crippen molar-refractivity contribution < 1.29 is 17.6 Å². The molecule has 4 N–H and O–H groups in total. The first-order chi connectivity index (χ1) is 15.2. The zero-order valence-electron chi connectivity index (χ0n) is 18.2. The van der Waals surface area contributed by atoms with Gasteiger partial charge in [-0.25, -0.2) is 4.39 Å². The van der Waals surface area contributed by atoms with Gasteiger partial charge >= 0.3 is 0 Å². The molecule has 32 heavy (non-hydrogen) atoms. The Morgan fingerprint density at radius 3 is 2.41 bits per heavy atom. The fraction of sp³-hybridized carbons (Fsp3) is 0.391. The second-order valence-electron chi connectivity index (χ2n) is 8.12. The molecule has 1 atom stereocenters. The Labute approximate surface area is 188 Å². The highest BCUT2D eigenvalue weighted by Crippen LogP contribution is 2.29. The lowest BCUT2D eigenvalue weighted by molar-refractivity contribution is -0.126. The summed E-state index contributed by atoms with van der Waals surface area (Å²) in [6.07, 6.45) is 4.16. The van der Waals surface area contributed by atoms with Crippen molar-refractivity contribution >= 4 is 33.5 Å². The molecule has 3 rings (SSSR count). The number of nitrogen functional groups attached to an aromatic ring is 1. The number of benzene rings is 2. The highest BCUT2D eigenvalue weighted by molar-refractivity contribution is 7.90. The summed E-state index contributed by atoms with van der Waals surface area (Å²) < 4.78 is 42.0. The number of hydrogen-bond donors (Lipinski definition) is 3. The second kappa shape index (κ2) is 10.1. The average Bonchev–Trinajstić information content (AvgIpc) is 2.78. The maximum atomic E-state index is 13.1. The molecule has 2 aromatic carbocycles. The SMILES string of the molecule is CNc1ccc(S(=O)(=O)/N=C/C2CCC(C(=O)N[C@H](C)c3ccc(F)cc3)CC2)cc1N. The van der Waals surface area contributed by atoms with Gasteiger partial charge in [0.05, 0.1) is 22.3 Å². The fourth-order valence-corrected chi connectivity index (χ4v) is 4.82. The van der Waals surface area contributed by atoms with Crippen LogP contribution in [0.5, 0.6) is 0 Å². The van der Waals surface area contributed by atoms with E-state index in [0.717, 1.165) is 5.56 Å². The Balaban J connectivity index is 1.53. The normalized spacial score (nSPS) is 20.1. The van der Waals surface area contributed by atoms with Crippen LogP contribution in [0.25, 0.3) is 0 Å². The van der Waals surface area contributed by atoms with E-state index in [9.17, 15) is 17.6 Å². The summed E-state index contributed by atoms with van der Waals surface area (Å²) in [6, 6.07) is 10.3. The molecule has 0 aliphatic heterocycles. The van der Waals surface area contributed by atoms with Gasteiger partial charge in [-0.15, -0.1) is 0 Å². The van der Waals surface area contributed by atoms with Gasteiger partial charge in [-0.05, 0) is 74.4 Å². The van der Waals surface area contributed by atoms with Crippen molar-refractivity contribution in [1.29, 1.82) is 0 Å². The van der Waals surface area contributed by atoms with E-state index < -0.39 is 10.0 Å². The minimum atomic E-state index is -3.83. The van der Waals surface area contributed by atoms with Crippen molar-refractivity contribution in [1.82, 2.24) is 5.32 Å².